The van der Waals surface area contributed by atoms with E-state index in [1.54, 1.807) is 48.5 Å². The lowest BCUT2D eigenvalue weighted by Gasteiger charge is -2.27. The fourth-order valence-corrected chi connectivity index (χ4v) is 4.39. The largest absolute Gasteiger partial charge is 0.503 e. The Morgan fingerprint density at radius 1 is 1.22 bits per heavy atom. The molecule has 0 aliphatic carbocycles. The maximum absolute atomic E-state index is 13.8. The van der Waals surface area contributed by atoms with Crippen molar-refractivity contribution in [3.63, 3.8) is 0 Å². The number of hydrogen-bond donors (Lipinski definition) is 1. The molecular formula is C28H30N2O6. The quantitative estimate of drug-likeness (QED) is 0.312. The SMILES string of the molecule is C=CCOc1cccc(C2C(C(=O)c3cc4cccc(OC)c4o3)=C(O)C(=O)N2CCCN(C)C)c1. The number of rotatable bonds is 11. The summed E-state index contributed by atoms with van der Waals surface area (Å²) in [6.45, 7) is 5.08. The van der Waals surface area contributed by atoms with Crippen LogP contribution in [-0.2, 0) is 4.79 Å². The number of carbonyl (C=O) groups excluding carboxylic acids is 2. The third-order valence-corrected chi connectivity index (χ3v) is 6.05. The Kier molecular flexibility index (Phi) is 7.45. The number of benzene rings is 2. The molecule has 0 saturated carbocycles. The fourth-order valence-electron chi connectivity index (χ4n) is 4.39. The predicted octanol–water partition coefficient (Wildman–Crippen LogP) is 4.54. The molecule has 1 aliphatic heterocycles. The van der Waals surface area contributed by atoms with E-state index in [-0.39, 0.29) is 11.3 Å². The summed E-state index contributed by atoms with van der Waals surface area (Å²) in [6, 6.07) is 13.3. The van der Waals surface area contributed by atoms with Crippen LogP contribution in [0, 0.1) is 0 Å². The number of hydrogen-bond acceptors (Lipinski definition) is 7. The highest BCUT2D eigenvalue weighted by Crippen LogP contribution is 2.41. The number of aliphatic hydroxyl groups excluding tert-OH is 1. The van der Waals surface area contributed by atoms with E-state index in [2.05, 4.69) is 6.58 Å². The van der Waals surface area contributed by atoms with E-state index in [0.717, 1.165) is 6.54 Å². The standard InChI is InChI=1S/C28H30N2O6/c1-5-15-35-20-11-6-9-18(16-20)24-23(26(32)28(33)30(24)14-8-13-29(2)3)25(31)22-17-19-10-7-12-21(34-4)27(19)36-22/h5-7,9-12,16-17,24,32H,1,8,13-15H2,2-4H3. The number of para-hydroxylation sites is 1. The minimum atomic E-state index is -0.797. The highest BCUT2D eigenvalue weighted by atomic mass is 16.5. The van der Waals surface area contributed by atoms with Gasteiger partial charge in [-0.25, -0.2) is 0 Å². The molecule has 8 nitrogen and oxygen atoms in total. The first-order chi connectivity index (χ1) is 17.3. The molecule has 8 heteroatoms. The lowest BCUT2D eigenvalue weighted by molar-refractivity contribution is -0.129. The number of amides is 1. The Balaban J connectivity index is 1.76. The van der Waals surface area contributed by atoms with Crippen molar-refractivity contribution >= 4 is 22.7 Å². The highest BCUT2D eigenvalue weighted by Gasteiger charge is 2.44. The van der Waals surface area contributed by atoms with E-state index in [1.807, 2.05) is 25.1 Å². The molecule has 2 heterocycles. The van der Waals surface area contributed by atoms with Crippen LogP contribution in [0.25, 0.3) is 11.0 Å². The van der Waals surface area contributed by atoms with Crippen molar-refractivity contribution in [2.45, 2.75) is 12.5 Å². The Hall–Kier alpha value is -4.04. The van der Waals surface area contributed by atoms with Gasteiger partial charge in [0.1, 0.15) is 12.4 Å². The molecule has 1 aromatic heterocycles. The minimum absolute atomic E-state index is 0.0167. The van der Waals surface area contributed by atoms with Crippen LogP contribution in [0.5, 0.6) is 11.5 Å². The van der Waals surface area contributed by atoms with Crippen LogP contribution >= 0.6 is 0 Å². The van der Waals surface area contributed by atoms with E-state index in [0.29, 0.717) is 47.6 Å². The van der Waals surface area contributed by atoms with Crippen LogP contribution in [0.1, 0.15) is 28.6 Å². The summed E-state index contributed by atoms with van der Waals surface area (Å²) in [6.07, 6.45) is 2.30. The van der Waals surface area contributed by atoms with Gasteiger partial charge in [-0.05, 0) is 56.9 Å². The lowest BCUT2D eigenvalue weighted by Crippen LogP contribution is -2.33. The van der Waals surface area contributed by atoms with Gasteiger partial charge in [0, 0.05) is 11.9 Å². The first kappa shape index (κ1) is 25.1. The number of nitrogens with zero attached hydrogens (tertiary/aromatic N) is 2. The fraction of sp³-hybridized carbons (Fsp3) is 0.286. The number of methoxy groups -OCH3 is 1. The van der Waals surface area contributed by atoms with Crippen LogP contribution < -0.4 is 9.47 Å². The van der Waals surface area contributed by atoms with Gasteiger partial charge in [0.25, 0.3) is 5.91 Å². The molecule has 1 aliphatic rings. The number of Topliss-reactive ketones (excluding diaryl/α,β-unsaturated/α-hetero) is 1. The topological polar surface area (TPSA) is 92.4 Å². The van der Waals surface area contributed by atoms with Crippen molar-refractivity contribution < 1.29 is 28.6 Å². The summed E-state index contributed by atoms with van der Waals surface area (Å²) < 4.78 is 16.9. The van der Waals surface area contributed by atoms with E-state index < -0.39 is 23.5 Å². The molecule has 188 valence electrons. The summed E-state index contributed by atoms with van der Waals surface area (Å²) in [4.78, 5) is 30.5. The summed E-state index contributed by atoms with van der Waals surface area (Å²) in [5.41, 5.74) is 1.05. The number of furan rings is 1. The molecule has 2 aromatic carbocycles. The lowest BCUT2D eigenvalue weighted by atomic mass is 9.94. The van der Waals surface area contributed by atoms with Gasteiger partial charge in [-0.2, -0.15) is 0 Å². The van der Waals surface area contributed by atoms with E-state index >= 15 is 0 Å². The molecular weight excluding hydrogens is 460 g/mol. The summed E-state index contributed by atoms with van der Waals surface area (Å²) >= 11 is 0. The maximum Gasteiger partial charge on any atom is 0.290 e. The van der Waals surface area contributed by atoms with Gasteiger partial charge in [-0.3, -0.25) is 9.59 Å². The smallest absolute Gasteiger partial charge is 0.290 e. The number of aliphatic hydroxyl groups is 1. The van der Waals surface area contributed by atoms with Crippen LogP contribution in [-0.4, -0.2) is 67.5 Å². The molecule has 3 aromatic rings. The van der Waals surface area contributed by atoms with Gasteiger partial charge >= 0.3 is 0 Å². The second-order valence-corrected chi connectivity index (χ2v) is 8.81. The third-order valence-electron chi connectivity index (χ3n) is 6.05. The zero-order chi connectivity index (χ0) is 25.8. The number of fused-ring (bicyclic) bond motifs is 1. The normalized spacial score (nSPS) is 15.7. The van der Waals surface area contributed by atoms with E-state index in [1.165, 1.54) is 12.0 Å². The molecule has 36 heavy (non-hydrogen) atoms. The Morgan fingerprint density at radius 2 is 2.00 bits per heavy atom. The number of ketones is 1. The average molecular weight is 491 g/mol. The van der Waals surface area contributed by atoms with Crippen LogP contribution in [0.15, 0.2) is 76.9 Å². The summed E-state index contributed by atoms with van der Waals surface area (Å²) in [5.74, 6) is -0.645. The van der Waals surface area contributed by atoms with Crippen LogP contribution in [0.4, 0.5) is 0 Å². The molecule has 1 amide bonds. The molecule has 1 N–H and O–H groups in total. The molecule has 0 bridgehead atoms. The van der Waals surface area contributed by atoms with Gasteiger partial charge < -0.3 is 28.8 Å². The summed E-state index contributed by atoms with van der Waals surface area (Å²) in [7, 11) is 5.42. The second-order valence-electron chi connectivity index (χ2n) is 8.81. The van der Waals surface area contributed by atoms with Crippen molar-refractivity contribution in [3.05, 3.63) is 83.8 Å². The molecule has 4 rings (SSSR count). The summed E-state index contributed by atoms with van der Waals surface area (Å²) in [5, 5.41) is 11.6. The first-order valence-electron chi connectivity index (χ1n) is 11.7. The molecule has 0 saturated heterocycles. The van der Waals surface area contributed by atoms with Crippen molar-refractivity contribution in [3.8, 4) is 11.5 Å². The van der Waals surface area contributed by atoms with Crippen molar-refractivity contribution in [1.29, 1.82) is 0 Å². The highest BCUT2D eigenvalue weighted by molar-refractivity contribution is 6.16. The molecule has 1 atom stereocenters. The Labute approximate surface area is 210 Å². The monoisotopic (exact) mass is 490 g/mol. The average Bonchev–Trinajstić information content (AvgIpc) is 3.42. The van der Waals surface area contributed by atoms with E-state index in [4.69, 9.17) is 13.9 Å². The first-order valence-corrected chi connectivity index (χ1v) is 11.7. The van der Waals surface area contributed by atoms with Crippen LogP contribution in [0.3, 0.4) is 0 Å². The number of carbonyl (C=O) groups is 2. The minimum Gasteiger partial charge on any atom is -0.503 e. The van der Waals surface area contributed by atoms with Gasteiger partial charge in [0.05, 0.1) is 18.7 Å². The predicted molar refractivity (Wildman–Crippen MR) is 137 cm³/mol. The van der Waals surface area contributed by atoms with Crippen LogP contribution in [0.2, 0.25) is 0 Å². The van der Waals surface area contributed by atoms with Gasteiger partial charge in [-0.15, -0.1) is 0 Å². The van der Waals surface area contributed by atoms with E-state index in [9.17, 15) is 14.7 Å². The van der Waals surface area contributed by atoms with Gasteiger partial charge in [0.15, 0.2) is 22.9 Å². The maximum atomic E-state index is 13.8. The van der Waals surface area contributed by atoms with Gasteiger partial charge in [-0.1, -0.05) is 36.9 Å². The molecule has 1 unspecified atom stereocenters. The zero-order valence-corrected chi connectivity index (χ0v) is 20.7. The zero-order valence-electron chi connectivity index (χ0n) is 20.7. The van der Waals surface area contributed by atoms with Crippen molar-refractivity contribution in [2.75, 3.05) is 40.9 Å². The molecule has 0 fully saturated rings. The number of ether oxygens (including phenoxy) is 2. The second kappa shape index (κ2) is 10.7. The molecule has 0 spiro atoms. The van der Waals surface area contributed by atoms with Gasteiger partial charge in [0.2, 0.25) is 5.78 Å². The molecule has 0 radical (unpaired) electrons. The van der Waals surface area contributed by atoms with Crippen molar-refractivity contribution in [1.82, 2.24) is 9.80 Å². The Bertz CT molecular complexity index is 1320. The third kappa shape index (κ3) is 4.85. The van der Waals surface area contributed by atoms with Crippen molar-refractivity contribution in [2.24, 2.45) is 0 Å². The Morgan fingerprint density at radius 3 is 2.72 bits per heavy atom.